The molecule has 0 saturated heterocycles. The summed E-state index contributed by atoms with van der Waals surface area (Å²) in [5, 5.41) is 0. The van der Waals surface area contributed by atoms with Gasteiger partial charge in [0.1, 0.15) is 6.04 Å². The van der Waals surface area contributed by atoms with Gasteiger partial charge in [-0.2, -0.15) is 26.3 Å². The van der Waals surface area contributed by atoms with E-state index < -0.39 is 45.6 Å². The Labute approximate surface area is 201 Å². The number of halogens is 8. The second-order valence-electron chi connectivity index (χ2n) is 7.61. The fraction of sp³-hybridized carbons (Fsp3) is 0.474. The van der Waals surface area contributed by atoms with E-state index in [0.717, 1.165) is 6.20 Å². The molecule has 0 aromatic carbocycles. The van der Waals surface area contributed by atoms with Crippen LogP contribution in [0.5, 0.6) is 0 Å². The quantitative estimate of drug-likeness (QED) is 0.403. The van der Waals surface area contributed by atoms with E-state index in [4.69, 9.17) is 5.73 Å². The van der Waals surface area contributed by atoms with Gasteiger partial charge >= 0.3 is 12.4 Å². The summed E-state index contributed by atoms with van der Waals surface area (Å²) in [6.45, 7) is 4.99. The molecular weight excluding hydrogens is 592 g/mol. The molecule has 2 aromatic rings. The number of alkyl halides is 6. The number of pyridine rings is 2. The van der Waals surface area contributed by atoms with Crippen molar-refractivity contribution < 1.29 is 30.6 Å². The number of nitrogens with zero attached hydrogens (tertiary/aromatic N) is 2. The van der Waals surface area contributed by atoms with Crippen molar-refractivity contribution in [2.24, 2.45) is 5.73 Å². The van der Waals surface area contributed by atoms with Gasteiger partial charge in [0.2, 0.25) is 0 Å². The van der Waals surface area contributed by atoms with Crippen LogP contribution in [-0.4, -0.2) is 37.0 Å². The fourth-order valence-electron chi connectivity index (χ4n) is 2.19. The Bertz CT molecular complexity index is 919. The van der Waals surface area contributed by atoms with E-state index in [9.17, 15) is 30.6 Å². The molecule has 4 nitrogen and oxygen atoms in total. The lowest BCUT2D eigenvalue weighted by molar-refractivity contribution is -0.149. The molecule has 3 unspecified atom stereocenters. The topological polar surface area (TPSA) is 68.9 Å². The van der Waals surface area contributed by atoms with Crippen molar-refractivity contribution in [2.75, 3.05) is 5.75 Å². The van der Waals surface area contributed by atoms with E-state index in [1.165, 1.54) is 30.7 Å². The van der Waals surface area contributed by atoms with E-state index >= 15 is 0 Å². The van der Waals surface area contributed by atoms with Crippen LogP contribution in [-0.2, 0) is 10.8 Å². The highest BCUT2D eigenvalue weighted by Gasteiger charge is 2.43. The third-order valence-electron chi connectivity index (χ3n) is 3.96. The van der Waals surface area contributed by atoms with Gasteiger partial charge in [-0.3, -0.25) is 14.2 Å². The fourth-order valence-corrected chi connectivity index (χ4v) is 4.14. The van der Waals surface area contributed by atoms with E-state index in [0.29, 0.717) is 8.95 Å². The predicted octanol–water partition coefficient (Wildman–Crippen LogP) is 6.44. The Hall–Kier alpha value is -1.05. The van der Waals surface area contributed by atoms with Gasteiger partial charge in [0, 0.05) is 55.0 Å². The molecule has 0 amide bonds. The van der Waals surface area contributed by atoms with Crippen LogP contribution in [0.2, 0.25) is 0 Å². The molecule has 3 atom stereocenters. The summed E-state index contributed by atoms with van der Waals surface area (Å²) in [5.41, 5.74) is 4.93. The summed E-state index contributed by atoms with van der Waals surface area (Å²) in [6.07, 6.45) is -3.79. The molecule has 2 heterocycles. The first-order valence-electron chi connectivity index (χ1n) is 8.91. The van der Waals surface area contributed by atoms with Crippen molar-refractivity contribution >= 4 is 42.7 Å². The van der Waals surface area contributed by atoms with E-state index in [2.05, 4.69) is 41.8 Å². The first kappa shape index (κ1) is 29.0. The second-order valence-corrected chi connectivity index (χ2v) is 11.7. The summed E-state index contributed by atoms with van der Waals surface area (Å²) in [5.74, 6) is -2.22. The molecule has 0 fully saturated rings. The van der Waals surface area contributed by atoms with Gasteiger partial charge in [0.05, 0.1) is 5.92 Å². The first-order chi connectivity index (χ1) is 14.4. The standard InChI is InChI=1S/C12H15BrF3NOS.C7H6BrF3N2/c1-11(2,3)19(18)7-10(12(14,15)16)8-4-9(13)6-17-5-8;8-5-1-4(2-13-3-5)6(12)7(9,10)11/h4-6,10H,7H2,1-3H3;1-3,6H,12H2. The smallest absolute Gasteiger partial charge is 0.316 e. The van der Waals surface area contributed by atoms with Crippen molar-refractivity contribution in [2.45, 2.75) is 49.8 Å². The molecule has 0 saturated carbocycles. The van der Waals surface area contributed by atoms with Crippen molar-refractivity contribution in [3.63, 3.8) is 0 Å². The summed E-state index contributed by atoms with van der Waals surface area (Å²) in [7, 11) is -1.58. The predicted molar refractivity (Wildman–Crippen MR) is 118 cm³/mol. The summed E-state index contributed by atoms with van der Waals surface area (Å²) < 4.78 is 87.9. The minimum atomic E-state index is -4.44. The van der Waals surface area contributed by atoms with Crippen LogP contribution in [0.1, 0.15) is 43.9 Å². The van der Waals surface area contributed by atoms with Gasteiger partial charge in [0.25, 0.3) is 0 Å². The third-order valence-corrected chi connectivity index (χ3v) is 6.83. The molecule has 32 heavy (non-hydrogen) atoms. The van der Waals surface area contributed by atoms with Crippen LogP contribution >= 0.6 is 31.9 Å². The number of hydrogen-bond donors (Lipinski definition) is 1. The molecule has 0 aliphatic carbocycles. The zero-order chi connectivity index (χ0) is 24.9. The third kappa shape index (κ3) is 9.44. The molecule has 2 rings (SSSR count). The zero-order valence-electron chi connectivity index (χ0n) is 17.1. The Kier molecular flexibility index (Phi) is 10.3. The number of rotatable bonds is 4. The summed E-state index contributed by atoms with van der Waals surface area (Å²) >= 11 is 6.11. The molecule has 2 N–H and O–H groups in total. The number of aromatic nitrogens is 2. The summed E-state index contributed by atoms with van der Waals surface area (Å²) in [6, 6.07) is 0.688. The van der Waals surface area contributed by atoms with Gasteiger partial charge in [-0.25, -0.2) is 0 Å². The van der Waals surface area contributed by atoms with Crippen LogP contribution in [0.25, 0.3) is 0 Å². The lowest BCUT2D eigenvalue weighted by atomic mass is 10.0. The van der Waals surface area contributed by atoms with Gasteiger partial charge in [-0.1, -0.05) is 0 Å². The summed E-state index contributed by atoms with van der Waals surface area (Å²) in [4.78, 5) is 7.33. The molecule has 0 aliphatic rings. The van der Waals surface area contributed by atoms with Gasteiger partial charge in [-0.15, -0.1) is 0 Å². The maximum atomic E-state index is 13.1. The molecule has 0 aliphatic heterocycles. The minimum Gasteiger partial charge on any atom is -0.316 e. The van der Waals surface area contributed by atoms with Crippen molar-refractivity contribution in [3.8, 4) is 0 Å². The Morgan fingerprint density at radius 3 is 1.69 bits per heavy atom. The molecule has 2 aromatic heterocycles. The van der Waals surface area contributed by atoms with Crippen LogP contribution in [0, 0.1) is 0 Å². The molecule has 0 radical (unpaired) electrons. The number of hydrogen-bond acceptors (Lipinski definition) is 4. The van der Waals surface area contributed by atoms with Crippen LogP contribution in [0.4, 0.5) is 26.3 Å². The molecule has 180 valence electrons. The van der Waals surface area contributed by atoms with Gasteiger partial charge in [-0.05, 0) is 75.9 Å². The van der Waals surface area contributed by atoms with Crippen LogP contribution in [0.15, 0.2) is 45.9 Å². The highest BCUT2D eigenvalue weighted by molar-refractivity contribution is 9.10. The molecular formula is C19H21Br2F6N3OS. The lowest BCUT2D eigenvalue weighted by Crippen LogP contribution is -2.32. The van der Waals surface area contributed by atoms with Gasteiger partial charge < -0.3 is 5.73 Å². The van der Waals surface area contributed by atoms with E-state index in [-0.39, 0.29) is 11.1 Å². The van der Waals surface area contributed by atoms with Gasteiger partial charge in [0.15, 0.2) is 0 Å². The van der Waals surface area contributed by atoms with Crippen LogP contribution < -0.4 is 5.73 Å². The lowest BCUT2D eigenvalue weighted by Gasteiger charge is -2.25. The maximum absolute atomic E-state index is 13.1. The Morgan fingerprint density at radius 2 is 1.31 bits per heavy atom. The minimum absolute atomic E-state index is 0.0273. The Balaban J connectivity index is 0.000000343. The highest BCUT2D eigenvalue weighted by Crippen LogP contribution is 2.37. The van der Waals surface area contributed by atoms with Crippen LogP contribution in [0.3, 0.4) is 0 Å². The second kappa shape index (κ2) is 11.4. The largest absolute Gasteiger partial charge is 0.407 e. The Morgan fingerprint density at radius 1 is 0.875 bits per heavy atom. The normalized spacial score (nSPS) is 15.4. The first-order valence-corrected chi connectivity index (χ1v) is 11.8. The zero-order valence-corrected chi connectivity index (χ0v) is 21.1. The molecule has 13 heteroatoms. The molecule has 0 bridgehead atoms. The number of nitrogens with two attached hydrogens (primary N) is 1. The average Bonchev–Trinajstić information content (AvgIpc) is 2.63. The van der Waals surface area contributed by atoms with E-state index in [1.807, 2.05) is 0 Å². The highest BCUT2D eigenvalue weighted by atomic mass is 79.9. The monoisotopic (exact) mass is 611 g/mol. The molecule has 0 spiro atoms. The SMILES string of the molecule is CC(C)(C)S(=O)CC(c1cncc(Br)c1)C(F)(F)F.NC(c1cncc(Br)c1)C(F)(F)F. The van der Waals surface area contributed by atoms with E-state index in [1.54, 1.807) is 20.8 Å². The van der Waals surface area contributed by atoms with Crippen molar-refractivity contribution in [1.29, 1.82) is 0 Å². The van der Waals surface area contributed by atoms with Crippen molar-refractivity contribution in [1.82, 2.24) is 9.97 Å². The average molecular weight is 613 g/mol. The maximum Gasteiger partial charge on any atom is 0.407 e. The van der Waals surface area contributed by atoms with Crippen molar-refractivity contribution in [3.05, 3.63) is 57.0 Å².